The van der Waals surface area contributed by atoms with Gasteiger partial charge in [0.1, 0.15) is 59.9 Å². The van der Waals surface area contributed by atoms with Gasteiger partial charge in [-0.2, -0.15) is 13.2 Å². The van der Waals surface area contributed by atoms with Crippen LogP contribution in [0.5, 0.6) is 0 Å². The van der Waals surface area contributed by atoms with Gasteiger partial charge in [0.05, 0.1) is 23.6 Å². The van der Waals surface area contributed by atoms with Gasteiger partial charge in [0.15, 0.2) is 0 Å². The Bertz CT molecular complexity index is 3440. The molecule has 2 aromatic rings. The lowest BCUT2D eigenvalue weighted by molar-refractivity contribution is -0.161. The number of aryl methyl sites for hydroxylation is 2. The number of benzene rings is 2. The summed E-state index contributed by atoms with van der Waals surface area (Å²) in [5, 5.41) is 8.14. The number of likely N-dealkylation sites (N-methyl/N-ethyl adjacent to an activating group) is 6. The van der Waals surface area contributed by atoms with E-state index in [2.05, 4.69) is 16.0 Å². The number of carbonyl (C=O) groups is 12. The van der Waals surface area contributed by atoms with E-state index in [1.54, 1.807) is 25.7 Å². The third kappa shape index (κ3) is 19.2. The van der Waals surface area contributed by atoms with E-state index in [0.29, 0.717) is 63.6 Å². The molecule has 3 N–H and O–H groups in total. The first-order valence-electron chi connectivity index (χ1n) is 37.5. The van der Waals surface area contributed by atoms with E-state index in [9.17, 15) is 32.3 Å². The van der Waals surface area contributed by atoms with Crippen LogP contribution >= 0.6 is 11.6 Å². The number of piperidine rings is 1. The average molecular weight is 1480 g/mol. The van der Waals surface area contributed by atoms with Crippen molar-refractivity contribution in [1.29, 1.82) is 0 Å². The molecule has 6 aliphatic rings. The van der Waals surface area contributed by atoms with Crippen LogP contribution in [0.3, 0.4) is 0 Å². The molecule has 2 aliphatic carbocycles. The molecule has 0 aromatic heterocycles. The molecule has 2 saturated carbocycles. The number of hydrogen-bond donors (Lipinski definition) is 3. The maximum atomic E-state index is 15.4. The number of nitrogens with one attached hydrogen (secondary N) is 3. The maximum absolute atomic E-state index is 15.4. The minimum atomic E-state index is -4.76. The molecule has 1 spiro atoms. The van der Waals surface area contributed by atoms with Crippen LogP contribution in [0.25, 0.3) is 0 Å². The number of fused-ring (bicyclic) bond motifs is 2. The quantitative estimate of drug-likeness (QED) is 0.202. The largest absolute Gasteiger partial charge is 0.417 e. The van der Waals surface area contributed by atoms with Crippen molar-refractivity contribution in [2.75, 3.05) is 75.0 Å². The van der Waals surface area contributed by atoms with Crippen LogP contribution in [0.2, 0.25) is 5.02 Å². The fourth-order valence-corrected chi connectivity index (χ4v) is 16.4. The molecule has 12 amide bonds. The van der Waals surface area contributed by atoms with E-state index in [4.69, 9.17) is 11.6 Å². The number of carbonyl (C=O) groups excluding carboxylic acids is 12. The maximum Gasteiger partial charge on any atom is 0.417 e. The normalized spacial score (nSPS) is 27.1. The van der Waals surface area contributed by atoms with E-state index < -0.39 is 172 Å². The average Bonchev–Trinajstić information content (AvgIpc) is 1.17. The first-order valence-corrected chi connectivity index (χ1v) is 37.9. The van der Waals surface area contributed by atoms with Gasteiger partial charge in [-0.15, -0.1) is 0 Å². The van der Waals surface area contributed by atoms with Crippen LogP contribution in [0.15, 0.2) is 48.5 Å². The van der Waals surface area contributed by atoms with Crippen molar-refractivity contribution in [3.8, 4) is 0 Å². The van der Waals surface area contributed by atoms with Gasteiger partial charge in [0, 0.05) is 68.5 Å². The Morgan fingerprint density at radius 3 is 1.84 bits per heavy atom. The van der Waals surface area contributed by atoms with Gasteiger partial charge >= 0.3 is 6.18 Å². The van der Waals surface area contributed by atoms with Gasteiger partial charge in [0.2, 0.25) is 70.9 Å². The Morgan fingerprint density at radius 2 is 1.23 bits per heavy atom. The third-order valence-corrected chi connectivity index (χ3v) is 23.3. The molecule has 2 aromatic carbocycles. The molecule has 4 heterocycles. The number of halogens is 4. The van der Waals surface area contributed by atoms with Gasteiger partial charge in [-0.3, -0.25) is 57.5 Å². The van der Waals surface area contributed by atoms with Crippen LogP contribution in [0, 0.1) is 17.8 Å². The van der Waals surface area contributed by atoms with Crippen molar-refractivity contribution >= 4 is 82.5 Å². The molecule has 4 aliphatic heterocycles. The molecule has 4 saturated heterocycles. The van der Waals surface area contributed by atoms with E-state index in [1.807, 2.05) is 37.3 Å². The van der Waals surface area contributed by atoms with Crippen molar-refractivity contribution in [3.05, 3.63) is 70.2 Å². The Morgan fingerprint density at radius 1 is 0.606 bits per heavy atom. The van der Waals surface area contributed by atoms with Crippen LogP contribution in [-0.4, -0.2) is 250 Å². The summed E-state index contributed by atoms with van der Waals surface area (Å²) in [4.78, 5) is 193. The lowest BCUT2D eigenvalue weighted by Crippen LogP contribution is -2.65. The summed E-state index contributed by atoms with van der Waals surface area (Å²) in [7, 11) is 8.61. The van der Waals surface area contributed by atoms with Crippen LogP contribution < -0.4 is 16.0 Å². The summed E-state index contributed by atoms with van der Waals surface area (Å²) in [5.41, 5.74) is -1.49. The molecule has 10 atom stereocenters. The zero-order valence-electron chi connectivity index (χ0n) is 62.6. The lowest BCUT2D eigenvalue weighted by Gasteiger charge is -2.46. The zero-order valence-corrected chi connectivity index (χ0v) is 63.3. The Labute approximate surface area is 615 Å². The van der Waals surface area contributed by atoms with Crippen molar-refractivity contribution in [1.82, 2.24) is 60.0 Å². The van der Waals surface area contributed by atoms with Gasteiger partial charge in [0.25, 0.3) is 0 Å². The summed E-state index contributed by atoms with van der Waals surface area (Å²) in [5.74, 6) is -8.84. The monoisotopic (exact) mass is 1470 g/mol. The zero-order chi connectivity index (χ0) is 76.2. The molecular weight excluding hydrogens is 1370 g/mol. The summed E-state index contributed by atoms with van der Waals surface area (Å²) < 4.78 is 41.8. The Kier molecular flexibility index (Phi) is 28.3. The van der Waals surface area contributed by atoms with Gasteiger partial charge in [-0.05, 0) is 131 Å². The smallest absolute Gasteiger partial charge is 0.343 e. The van der Waals surface area contributed by atoms with E-state index in [1.165, 1.54) is 84.7 Å². The van der Waals surface area contributed by atoms with E-state index in [0.717, 1.165) is 66.0 Å². The topological polar surface area (TPSA) is 270 Å². The highest BCUT2D eigenvalue weighted by Crippen LogP contribution is 2.38. The summed E-state index contributed by atoms with van der Waals surface area (Å²) in [6.45, 7) is 8.81. The molecule has 0 radical (unpaired) electrons. The molecule has 574 valence electrons. The first kappa shape index (κ1) is 81.8. The summed E-state index contributed by atoms with van der Waals surface area (Å²) >= 11 is 6.18. The van der Waals surface area contributed by atoms with E-state index >= 15 is 38.4 Å². The van der Waals surface area contributed by atoms with Gasteiger partial charge in [-0.25, -0.2) is 0 Å². The van der Waals surface area contributed by atoms with Crippen molar-refractivity contribution in [2.45, 2.75) is 242 Å². The van der Waals surface area contributed by atoms with Crippen LogP contribution in [-0.2, 0) is 76.6 Å². The second-order valence-electron chi connectivity index (χ2n) is 30.4. The van der Waals surface area contributed by atoms with Crippen LogP contribution in [0.4, 0.5) is 13.2 Å². The number of hydrogen-bond acceptors (Lipinski definition) is 12. The predicted octanol–water partition coefficient (Wildman–Crippen LogP) is 6.62. The molecule has 8 rings (SSSR count). The van der Waals surface area contributed by atoms with Gasteiger partial charge < -0.3 is 60.0 Å². The third-order valence-electron chi connectivity index (χ3n) is 23.0. The number of nitrogens with zero attached hydrogens (tertiary/aromatic N) is 9. The number of amides is 12. The molecule has 6 fully saturated rings. The standard InChI is InChI=1S/C76H110ClF3N12O12/c1-12-48(4)63-72(102)86(8)57(35-32-50-25-16-13-17-26-50)71(101)92-42-36-58(92)69(99)87(9)59(44-51-27-18-14-19-28-51)68(98)84(6)46-61(93)81-55(34-31-52-30-33-53(54(77)43-52)76(78,79)80)67(97)91-41-24-29-56(91)66(96)83-75(37-20-21-38-75)74(104)89(11)64(47(2)3)73(103)88(10)60(70(100)90-39-22-15-23-40-90)45-62(94)85(7)49(5)65(95)82-63/h13,16-17,25-26,30,33,43,47-49,51,55-60,63-64H,12,14-15,18-24,27-29,31-32,34-42,44-46H2,1-11H3,(H,81,93)(H,82,95)(H,83,96)/t48-,49-,55-,56-,57-,58-,59-,60-,63-,64-/m0/s1. The molecule has 104 heavy (non-hydrogen) atoms. The highest BCUT2D eigenvalue weighted by Gasteiger charge is 2.52. The number of alkyl halides is 3. The predicted molar refractivity (Wildman–Crippen MR) is 384 cm³/mol. The minimum absolute atomic E-state index is 0.00870. The fourth-order valence-electron chi connectivity index (χ4n) is 16.0. The minimum Gasteiger partial charge on any atom is -0.343 e. The molecule has 24 nitrogen and oxygen atoms in total. The molecule has 28 heteroatoms. The second kappa shape index (κ2) is 36.0. The van der Waals surface area contributed by atoms with Crippen molar-refractivity contribution in [3.63, 3.8) is 0 Å². The number of likely N-dealkylation sites (tertiary alicyclic amines) is 1. The summed E-state index contributed by atoms with van der Waals surface area (Å²) in [6, 6.07) is 1.33. The molecule has 0 bridgehead atoms. The van der Waals surface area contributed by atoms with Crippen molar-refractivity contribution < 1.29 is 70.7 Å². The molecule has 0 unspecified atom stereocenters. The summed E-state index contributed by atoms with van der Waals surface area (Å²) in [6.07, 6.45) is 3.94. The van der Waals surface area contributed by atoms with Gasteiger partial charge in [-0.1, -0.05) is 127 Å². The first-order chi connectivity index (χ1) is 49.2. The number of rotatable bonds is 12. The highest BCUT2D eigenvalue weighted by atomic mass is 35.5. The van der Waals surface area contributed by atoms with E-state index in [-0.39, 0.29) is 70.4 Å². The SMILES string of the molecule is CC[C@H](C)[C@@H]1NC(=O)[C@H](C)N(C)C(=O)C[C@@H](C(=O)N2CCCCC2)N(C)C(=O)[C@H](C(C)C)N(C)C(=O)C2(CCCC2)NC(=O)[C@@H]2CCCN2C(=O)[C@H](CCc2ccc(C(F)(F)F)c(Cl)c2)NC(=O)CN(C)C(=O)[C@H](CC2CCCCC2)N(C)C(=O)[C@@H]2CCN2C(=O)[C@H](CCc2ccccc2)N(C)C1=O. The Hall–Kier alpha value is -7.84. The fraction of sp³-hybridized carbons (Fsp3) is 0.684. The van der Waals surface area contributed by atoms with Crippen molar-refractivity contribution in [2.24, 2.45) is 17.8 Å². The second-order valence-corrected chi connectivity index (χ2v) is 30.8. The van der Waals surface area contributed by atoms with Crippen LogP contribution in [0.1, 0.15) is 180 Å². The Balaban J connectivity index is 1.18. The lowest BCUT2D eigenvalue weighted by atomic mass is 9.84. The molecular formula is C76H110ClF3N12O12. The highest BCUT2D eigenvalue weighted by molar-refractivity contribution is 6.31.